The molecule has 1 amide bonds. The van der Waals surface area contributed by atoms with Crippen LogP contribution in [0.25, 0.3) is 0 Å². The molecular formula is C14H19NO6. The number of rotatable bonds is 6. The molecule has 0 atom stereocenters. The first-order chi connectivity index (χ1) is 9.94. The molecule has 0 saturated heterocycles. The van der Waals surface area contributed by atoms with Crippen LogP contribution in [0.15, 0.2) is 12.1 Å². The van der Waals surface area contributed by atoms with E-state index >= 15 is 0 Å². The number of esters is 1. The van der Waals surface area contributed by atoms with E-state index < -0.39 is 5.97 Å². The van der Waals surface area contributed by atoms with Crippen molar-refractivity contribution in [2.75, 3.05) is 42.0 Å². The number of methoxy groups -OCH3 is 3. The number of likely N-dealkylation sites (N-methyl/N-ethyl adjacent to an activating group) is 1. The summed E-state index contributed by atoms with van der Waals surface area (Å²) in [4.78, 5) is 24.7. The van der Waals surface area contributed by atoms with Crippen molar-refractivity contribution in [1.82, 2.24) is 4.90 Å². The Hall–Kier alpha value is -2.44. The zero-order chi connectivity index (χ0) is 16.0. The highest BCUT2D eigenvalue weighted by atomic mass is 16.5. The highest BCUT2D eigenvalue weighted by Gasteiger charge is 2.18. The monoisotopic (exact) mass is 297 g/mol. The smallest absolute Gasteiger partial charge is 0.338 e. The minimum Gasteiger partial charge on any atom is -0.493 e. The lowest BCUT2D eigenvalue weighted by Crippen LogP contribution is -2.27. The van der Waals surface area contributed by atoms with Crippen molar-refractivity contribution in [2.24, 2.45) is 0 Å². The predicted octanol–water partition coefficient (Wildman–Crippen LogP) is 0.957. The molecule has 0 N–H and O–H groups in total. The van der Waals surface area contributed by atoms with E-state index in [1.165, 1.54) is 38.4 Å². The molecule has 0 heterocycles. The number of amides is 1. The molecule has 0 unspecified atom stereocenters. The third kappa shape index (κ3) is 4.01. The topological polar surface area (TPSA) is 74.3 Å². The van der Waals surface area contributed by atoms with Crippen LogP contribution in [0.1, 0.15) is 10.4 Å². The summed E-state index contributed by atoms with van der Waals surface area (Å²) in [7, 11) is 7.52. The quantitative estimate of drug-likeness (QED) is 0.728. The van der Waals surface area contributed by atoms with Gasteiger partial charge in [-0.2, -0.15) is 0 Å². The Kier molecular flexibility index (Phi) is 5.83. The van der Waals surface area contributed by atoms with Crippen LogP contribution < -0.4 is 14.2 Å². The second-order valence-electron chi connectivity index (χ2n) is 4.28. The fraction of sp³-hybridized carbons (Fsp3) is 0.429. The molecule has 0 spiro atoms. The second kappa shape index (κ2) is 7.37. The molecular weight excluding hydrogens is 278 g/mol. The first kappa shape index (κ1) is 16.6. The van der Waals surface area contributed by atoms with Crippen LogP contribution in [0.2, 0.25) is 0 Å². The van der Waals surface area contributed by atoms with Gasteiger partial charge in [0, 0.05) is 14.1 Å². The van der Waals surface area contributed by atoms with Gasteiger partial charge in [-0.1, -0.05) is 0 Å². The van der Waals surface area contributed by atoms with Gasteiger partial charge < -0.3 is 23.8 Å². The molecule has 7 nitrogen and oxygen atoms in total. The molecule has 0 fully saturated rings. The van der Waals surface area contributed by atoms with Crippen LogP contribution in [0.5, 0.6) is 17.2 Å². The average Bonchev–Trinajstić information content (AvgIpc) is 2.50. The number of carbonyl (C=O) groups excluding carboxylic acids is 2. The van der Waals surface area contributed by atoms with Crippen LogP contribution in [-0.2, 0) is 9.53 Å². The van der Waals surface area contributed by atoms with Gasteiger partial charge in [-0.15, -0.1) is 0 Å². The molecule has 1 aromatic rings. The van der Waals surface area contributed by atoms with Crippen molar-refractivity contribution in [3.8, 4) is 17.2 Å². The first-order valence-corrected chi connectivity index (χ1v) is 6.11. The van der Waals surface area contributed by atoms with Gasteiger partial charge in [0.2, 0.25) is 5.75 Å². The van der Waals surface area contributed by atoms with Crippen molar-refractivity contribution < 1.29 is 28.5 Å². The van der Waals surface area contributed by atoms with E-state index in [-0.39, 0.29) is 18.1 Å². The second-order valence-corrected chi connectivity index (χ2v) is 4.28. The van der Waals surface area contributed by atoms with Crippen LogP contribution >= 0.6 is 0 Å². The van der Waals surface area contributed by atoms with Gasteiger partial charge >= 0.3 is 5.97 Å². The zero-order valence-electron chi connectivity index (χ0n) is 12.8. The zero-order valence-corrected chi connectivity index (χ0v) is 12.8. The summed E-state index contributed by atoms with van der Waals surface area (Å²) >= 11 is 0. The van der Waals surface area contributed by atoms with E-state index in [1.54, 1.807) is 14.1 Å². The Morgan fingerprint density at radius 3 is 1.90 bits per heavy atom. The fourth-order valence-corrected chi connectivity index (χ4v) is 1.54. The van der Waals surface area contributed by atoms with E-state index in [0.29, 0.717) is 17.2 Å². The maximum absolute atomic E-state index is 12.0. The Balaban J connectivity index is 2.97. The molecule has 0 bridgehead atoms. The number of nitrogens with zero attached hydrogens (tertiary/aromatic N) is 1. The highest BCUT2D eigenvalue weighted by Crippen LogP contribution is 2.38. The molecule has 0 aliphatic heterocycles. The van der Waals surface area contributed by atoms with Crippen molar-refractivity contribution >= 4 is 11.9 Å². The molecule has 0 saturated carbocycles. The molecule has 0 aliphatic carbocycles. The first-order valence-electron chi connectivity index (χ1n) is 6.11. The van der Waals surface area contributed by atoms with Crippen molar-refractivity contribution in [3.05, 3.63) is 17.7 Å². The summed E-state index contributed by atoms with van der Waals surface area (Å²) in [5, 5.41) is 0. The Morgan fingerprint density at radius 2 is 1.52 bits per heavy atom. The number of hydrogen-bond acceptors (Lipinski definition) is 6. The normalized spacial score (nSPS) is 9.76. The largest absolute Gasteiger partial charge is 0.493 e. The highest BCUT2D eigenvalue weighted by molar-refractivity contribution is 5.92. The van der Waals surface area contributed by atoms with Gasteiger partial charge in [0.15, 0.2) is 18.1 Å². The maximum atomic E-state index is 12.0. The van der Waals surface area contributed by atoms with E-state index in [9.17, 15) is 9.59 Å². The standard InChI is InChI=1S/C14H19NO6/c1-15(2)12(16)8-21-14(17)9-6-10(18-3)13(20-5)11(7-9)19-4/h6-7H,8H2,1-5H3. The minimum absolute atomic E-state index is 0.205. The molecule has 0 aliphatic rings. The van der Waals surface area contributed by atoms with Gasteiger partial charge in [-0.25, -0.2) is 4.79 Å². The molecule has 21 heavy (non-hydrogen) atoms. The van der Waals surface area contributed by atoms with Crippen LogP contribution in [0.3, 0.4) is 0 Å². The fourth-order valence-electron chi connectivity index (χ4n) is 1.54. The van der Waals surface area contributed by atoms with E-state index in [4.69, 9.17) is 18.9 Å². The minimum atomic E-state index is -0.649. The van der Waals surface area contributed by atoms with Crippen molar-refractivity contribution in [1.29, 1.82) is 0 Å². The molecule has 1 rings (SSSR count). The number of carbonyl (C=O) groups is 2. The lowest BCUT2D eigenvalue weighted by Gasteiger charge is -2.14. The van der Waals surface area contributed by atoms with Gasteiger partial charge in [0.05, 0.1) is 26.9 Å². The summed E-state index contributed by atoms with van der Waals surface area (Å²) in [6, 6.07) is 2.92. The van der Waals surface area contributed by atoms with Crippen LogP contribution in [0, 0.1) is 0 Å². The van der Waals surface area contributed by atoms with Crippen LogP contribution in [0.4, 0.5) is 0 Å². The third-order valence-electron chi connectivity index (χ3n) is 2.73. The summed E-state index contributed by atoms with van der Waals surface area (Å²) in [6.07, 6.45) is 0. The molecule has 0 aromatic heterocycles. The van der Waals surface area contributed by atoms with Crippen molar-refractivity contribution in [3.63, 3.8) is 0 Å². The lowest BCUT2D eigenvalue weighted by molar-refractivity contribution is -0.131. The predicted molar refractivity (Wildman–Crippen MR) is 75.1 cm³/mol. The summed E-state index contributed by atoms with van der Waals surface area (Å²) in [5.74, 6) is 0.0895. The molecule has 116 valence electrons. The Labute approximate surface area is 123 Å². The maximum Gasteiger partial charge on any atom is 0.338 e. The SMILES string of the molecule is COc1cc(C(=O)OCC(=O)N(C)C)cc(OC)c1OC. The summed E-state index contributed by atoms with van der Waals surface area (Å²) < 4.78 is 20.4. The Morgan fingerprint density at radius 1 is 1.00 bits per heavy atom. The van der Waals surface area contributed by atoms with Crippen molar-refractivity contribution in [2.45, 2.75) is 0 Å². The molecule has 1 aromatic carbocycles. The summed E-state index contributed by atoms with van der Waals surface area (Å²) in [6.45, 7) is -0.331. The van der Waals surface area contributed by atoms with Gasteiger partial charge in [0.25, 0.3) is 5.91 Å². The molecule has 7 heteroatoms. The van der Waals surface area contributed by atoms with Gasteiger partial charge in [-0.3, -0.25) is 4.79 Å². The molecule has 0 radical (unpaired) electrons. The number of ether oxygens (including phenoxy) is 4. The lowest BCUT2D eigenvalue weighted by atomic mass is 10.2. The average molecular weight is 297 g/mol. The summed E-state index contributed by atoms with van der Waals surface area (Å²) in [5.41, 5.74) is 0.205. The van der Waals surface area contributed by atoms with Gasteiger partial charge in [-0.05, 0) is 12.1 Å². The Bertz CT molecular complexity index is 501. The number of hydrogen-bond donors (Lipinski definition) is 0. The number of benzene rings is 1. The van der Waals surface area contributed by atoms with E-state index in [1.807, 2.05) is 0 Å². The third-order valence-corrected chi connectivity index (χ3v) is 2.73. The van der Waals surface area contributed by atoms with E-state index in [2.05, 4.69) is 0 Å². The van der Waals surface area contributed by atoms with Crippen LogP contribution in [-0.4, -0.2) is 58.8 Å². The van der Waals surface area contributed by atoms with E-state index in [0.717, 1.165) is 0 Å². The van der Waals surface area contributed by atoms with Gasteiger partial charge in [0.1, 0.15) is 0 Å².